The second-order valence-corrected chi connectivity index (χ2v) is 7.84. The fourth-order valence-corrected chi connectivity index (χ4v) is 3.98. The summed E-state index contributed by atoms with van der Waals surface area (Å²) in [6, 6.07) is 2.31. The average Bonchev–Trinajstić information content (AvgIpc) is 2.94. The third-order valence-electron chi connectivity index (χ3n) is 5.33. The van der Waals surface area contributed by atoms with Gasteiger partial charge in [-0.25, -0.2) is 0 Å². The summed E-state index contributed by atoms with van der Waals surface area (Å²) in [7, 11) is 1.91. The van der Waals surface area contributed by atoms with Gasteiger partial charge in [0.05, 0.1) is 18.2 Å². The first kappa shape index (κ1) is 19.2. The zero-order valence-corrected chi connectivity index (χ0v) is 15.4. The molecule has 1 atom stereocenters. The number of aliphatic hydroxyl groups is 1. The minimum absolute atomic E-state index is 0.0680. The Balaban J connectivity index is 1.77. The number of likely N-dealkylation sites (N-methyl/N-ethyl adjacent to an activating group) is 1. The maximum Gasteiger partial charge on any atom is 0.236 e. The molecule has 2 rings (SSSR count). The Labute approximate surface area is 146 Å². The van der Waals surface area contributed by atoms with Gasteiger partial charge < -0.3 is 10.0 Å². The molecule has 0 radical (unpaired) electrons. The van der Waals surface area contributed by atoms with Crippen molar-refractivity contribution in [2.75, 3.05) is 46.3 Å². The van der Waals surface area contributed by atoms with Crippen LogP contribution in [0.3, 0.4) is 0 Å². The molecule has 6 nitrogen and oxygen atoms in total. The molecule has 1 aliphatic carbocycles. The van der Waals surface area contributed by atoms with Crippen molar-refractivity contribution in [3.63, 3.8) is 0 Å². The summed E-state index contributed by atoms with van der Waals surface area (Å²) in [6.07, 6.45) is 3.84. The lowest BCUT2D eigenvalue weighted by atomic mass is 10.0. The number of nitrogens with zero attached hydrogens (tertiary/aromatic N) is 4. The average molecular weight is 336 g/mol. The van der Waals surface area contributed by atoms with Gasteiger partial charge in [0.15, 0.2) is 0 Å². The van der Waals surface area contributed by atoms with E-state index in [-0.39, 0.29) is 11.9 Å². The van der Waals surface area contributed by atoms with Gasteiger partial charge in [0.1, 0.15) is 6.04 Å². The molecule has 0 unspecified atom stereocenters. The van der Waals surface area contributed by atoms with Crippen LogP contribution in [0.25, 0.3) is 0 Å². The van der Waals surface area contributed by atoms with Gasteiger partial charge in [0.25, 0.3) is 0 Å². The van der Waals surface area contributed by atoms with Crippen LogP contribution in [0.1, 0.15) is 39.5 Å². The molecule has 1 amide bonds. The molecule has 1 saturated heterocycles. The minimum atomic E-state index is -0.606. The van der Waals surface area contributed by atoms with Crippen molar-refractivity contribution in [3.8, 4) is 6.07 Å². The molecule has 6 heteroatoms. The summed E-state index contributed by atoms with van der Waals surface area (Å²) in [6.45, 7) is 7.94. The van der Waals surface area contributed by atoms with Crippen LogP contribution in [0.5, 0.6) is 0 Å². The van der Waals surface area contributed by atoms with Gasteiger partial charge >= 0.3 is 0 Å². The Morgan fingerprint density at radius 2 is 1.83 bits per heavy atom. The van der Waals surface area contributed by atoms with Crippen LogP contribution in [0.2, 0.25) is 0 Å². The fourth-order valence-electron chi connectivity index (χ4n) is 3.98. The van der Waals surface area contributed by atoms with Crippen molar-refractivity contribution in [1.82, 2.24) is 14.7 Å². The van der Waals surface area contributed by atoms with Gasteiger partial charge in [0, 0.05) is 32.7 Å². The van der Waals surface area contributed by atoms with Crippen LogP contribution >= 0.6 is 0 Å². The van der Waals surface area contributed by atoms with E-state index in [0.717, 1.165) is 38.8 Å². The van der Waals surface area contributed by atoms with Crippen molar-refractivity contribution in [3.05, 3.63) is 0 Å². The molecule has 0 aromatic heterocycles. The summed E-state index contributed by atoms with van der Waals surface area (Å²) in [5.74, 6) is 0.423. The third-order valence-corrected chi connectivity index (χ3v) is 5.33. The van der Waals surface area contributed by atoms with E-state index >= 15 is 0 Å². The second kappa shape index (κ2) is 8.28. The standard InChI is InChI=1S/C18H32N4O2/c1-15(2)16(12-19)21-8-10-22(11-9-21)17(23)13-20(3)14-18(24)6-4-5-7-18/h15-16,24H,4-11,13-14H2,1-3H3/t16-/m0/s1. The predicted octanol–water partition coefficient (Wildman–Crippen LogP) is 0.916. The smallest absolute Gasteiger partial charge is 0.236 e. The number of piperazine rings is 1. The number of carbonyl (C=O) groups is 1. The molecule has 0 bridgehead atoms. The van der Waals surface area contributed by atoms with Crippen molar-refractivity contribution >= 4 is 5.91 Å². The van der Waals surface area contributed by atoms with Crippen molar-refractivity contribution in [2.45, 2.75) is 51.2 Å². The van der Waals surface area contributed by atoms with Crippen LogP contribution in [0.4, 0.5) is 0 Å². The molecule has 136 valence electrons. The lowest BCUT2D eigenvalue weighted by molar-refractivity contribution is -0.134. The van der Waals surface area contributed by atoms with E-state index in [9.17, 15) is 15.2 Å². The van der Waals surface area contributed by atoms with Crippen LogP contribution in [0, 0.1) is 17.2 Å². The molecule has 2 fully saturated rings. The molecule has 2 aliphatic rings. The van der Waals surface area contributed by atoms with E-state index in [1.54, 1.807) is 0 Å². The van der Waals surface area contributed by atoms with E-state index in [1.807, 2.05) is 16.8 Å². The van der Waals surface area contributed by atoms with Crippen molar-refractivity contribution in [1.29, 1.82) is 5.26 Å². The maximum absolute atomic E-state index is 12.5. The number of rotatable bonds is 6. The lowest BCUT2D eigenvalue weighted by Gasteiger charge is -2.39. The largest absolute Gasteiger partial charge is 0.389 e. The van der Waals surface area contributed by atoms with Crippen molar-refractivity contribution in [2.24, 2.45) is 5.92 Å². The molecule has 1 heterocycles. The Morgan fingerprint density at radius 3 is 2.33 bits per heavy atom. The van der Waals surface area contributed by atoms with Crippen LogP contribution in [-0.2, 0) is 4.79 Å². The topological polar surface area (TPSA) is 70.8 Å². The summed E-state index contributed by atoms with van der Waals surface area (Å²) < 4.78 is 0. The van der Waals surface area contributed by atoms with Crippen LogP contribution in [-0.4, -0.2) is 83.7 Å². The summed E-state index contributed by atoms with van der Waals surface area (Å²) in [4.78, 5) is 18.5. The number of hydrogen-bond donors (Lipinski definition) is 1. The van der Waals surface area contributed by atoms with E-state index in [1.165, 1.54) is 0 Å². The first-order valence-electron chi connectivity index (χ1n) is 9.17. The SMILES string of the molecule is CC(C)[C@H](C#N)N1CCN(C(=O)CN(C)CC2(O)CCCC2)CC1. The molecule has 1 aliphatic heterocycles. The maximum atomic E-state index is 12.5. The monoisotopic (exact) mass is 336 g/mol. The number of carbonyl (C=O) groups excluding carboxylic acids is 1. The fraction of sp³-hybridized carbons (Fsp3) is 0.889. The van der Waals surface area contributed by atoms with Gasteiger partial charge in [0.2, 0.25) is 5.91 Å². The highest BCUT2D eigenvalue weighted by atomic mass is 16.3. The highest BCUT2D eigenvalue weighted by Crippen LogP contribution is 2.29. The van der Waals surface area contributed by atoms with E-state index < -0.39 is 5.60 Å². The quantitative estimate of drug-likeness (QED) is 0.781. The van der Waals surface area contributed by atoms with Gasteiger partial charge in [-0.3, -0.25) is 14.6 Å². The van der Waals surface area contributed by atoms with Crippen molar-refractivity contribution < 1.29 is 9.90 Å². The Kier molecular flexibility index (Phi) is 6.62. The summed E-state index contributed by atoms with van der Waals surface area (Å²) in [5.41, 5.74) is -0.606. The van der Waals surface area contributed by atoms with Gasteiger partial charge in [-0.2, -0.15) is 5.26 Å². The number of nitriles is 1. The van der Waals surface area contributed by atoms with Gasteiger partial charge in [-0.05, 0) is 25.8 Å². The zero-order valence-electron chi connectivity index (χ0n) is 15.4. The number of hydrogen-bond acceptors (Lipinski definition) is 5. The number of amides is 1. The highest BCUT2D eigenvalue weighted by Gasteiger charge is 2.33. The molecule has 0 aromatic rings. The predicted molar refractivity (Wildman–Crippen MR) is 93.3 cm³/mol. The summed E-state index contributed by atoms with van der Waals surface area (Å²) in [5, 5.41) is 19.8. The van der Waals surface area contributed by atoms with E-state index in [4.69, 9.17) is 0 Å². The summed E-state index contributed by atoms with van der Waals surface area (Å²) >= 11 is 0. The molecule has 24 heavy (non-hydrogen) atoms. The Bertz CT molecular complexity index is 460. The van der Waals surface area contributed by atoms with Gasteiger partial charge in [-0.1, -0.05) is 26.7 Å². The highest BCUT2D eigenvalue weighted by molar-refractivity contribution is 5.78. The van der Waals surface area contributed by atoms with E-state index in [2.05, 4.69) is 24.8 Å². The Hall–Kier alpha value is -1.16. The molecule has 0 aromatic carbocycles. The second-order valence-electron chi connectivity index (χ2n) is 7.84. The Morgan fingerprint density at radius 1 is 1.25 bits per heavy atom. The van der Waals surface area contributed by atoms with Crippen LogP contribution in [0.15, 0.2) is 0 Å². The third kappa shape index (κ3) is 4.92. The molecule has 0 spiro atoms. The minimum Gasteiger partial charge on any atom is -0.389 e. The molecular formula is C18H32N4O2. The molecule has 1 saturated carbocycles. The van der Waals surface area contributed by atoms with Crippen LogP contribution < -0.4 is 0 Å². The molecular weight excluding hydrogens is 304 g/mol. The lowest BCUT2D eigenvalue weighted by Crippen LogP contribution is -2.54. The first-order valence-corrected chi connectivity index (χ1v) is 9.17. The normalized spacial score (nSPS) is 22.8. The first-order chi connectivity index (χ1) is 11.3. The zero-order chi connectivity index (χ0) is 17.7. The van der Waals surface area contributed by atoms with E-state index in [0.29, 0.717) is 32.1 Å². The molecule has 1 N–H and O–H groups in total. The van der Waals surface area contributed by atoms with Gasteiger partial charge in [-0.15, -0.1) is 0 Å².